The van der Waals surface area contributed by atoms with Gasteiger partial charge in [-0.1, -0.05) is 13.8 Å². The Morgan fingerprint density at radius 3 is 2.70 bits per heavy atom. The van der Waals surface area contributed by atoms with E-state index in [9.17, 15) is 0 Å². The smallest absolute Gasteiger partial charge is 0.0478 e. The summed E-state index contributed by atoms with van der Waals surface area (Å²) < 4.78 is 5.51. The summed E-state index contributed by atoms with van der Waals surface area (Å²) in [5.41, 5.74) is 0.360. The van der Waals surface area contributed by atoms with Crippen LogP contribution in [0.15, 0.2) is 0 Å². The fourth-order valence-corrected chi connectivity index (χ4v) is 3.63. The normalized spacial score (nSPS) is 31.9. The SMILES string of the molecule is CCOCCCN1CC(C)(C2CC2)NCC1CC(C)C. The third-order valence-electron chi connectivity index (χ3n) is 4.95. The topological polar surface area (TPSA) is 24.5 Å². The van der Waals surface area contributed by atoms with Crippen LogP contribution in [0, 0.1) is 11.8 Å². The summed E-state index contributed by atoms with van der Waals surface area (Å²) in [6, 6.07) is 0.712. The van der Waals surface area contributed by atoms with E-state index in [1.807, 2.05) is 0 Å². The van der Waals surface area contributed by atoms with Gasteiger partial charge in [-0.15, -0.1) is 0 Å². The van der Waals surface area contributed by atoms with Gasteiger partial charge in [0, 0.05) is 44.4 Å². The number of nitrogens with one attached hydrogen (secondary N) is 1. The molecule has 0 aromatic rings. The van der Waals surface area contributed by atoms with Gasteiger partial charge in [0.1, 0.15) is 0 Å². The standard InChI is InChI=1S/C17H34N2O/c1-5-20-10-6-9-19-13-17(4,15-7-8-15)18-12-16(19)11-14(2)3/h14-16,18H,5-13H2,1-4H3. The summed E-state index contributed by atoms with van der Waals surface area (Å²) in [6.07, 6.45) is 5.32. The largest absolute Gasteiger partial charge is 0.382 e. The van der Waals surface area contributed by atoms with Crippen molar-refractivity contribution in [1.82, 2.24) is 10.2 Å². The predicted octanol–water partition coefficient (Wildman–Crippen LogP) is 2.90. The van der Waals surface area contributed by atoms with Crippen LogP contribution < -0.4 is 5.32 Å². The van der Waals surface area contributed by atoms with Crippen LogP contribution in [0.4, 0.5) is 0 Å². The van der Waals surface area contributed by atoms with Gasteiger partial charge >= 0.3 is 0 Å². The van der Waals surface area contributed by atoms with Crippen molar-refractivity contribution in [3.8, 4) is 0 Å². The maximum absolute atomic E-state index is 5.51. The minimum atomic E-state index is 0.360. The van der Waals surface area contributed by atoms with Crippen LogP contribution in [-0.4, -0.2) is 49.3 Å². The molecule has 1 heterocycles. The first-order valence-electron chi connectivity index (χ1n) is 8.62. The highest BCUT2D eigenvalue weighted by Gasteiger charge is 2.45. The number of hydrogen-bond acceptors (Lipinski definition) is 3. The molecule has 2 unspecified atom stereocenters. The maximum Gasteiger partial charge on any atom is 0.0478 e. The van der Waals surface area contributed by atoms with E-state index in [-0.39, 0.29) is 0 Å². The minimum Gasteiger partial charge on any atom is -0.382 e. The molecule has 0 bridgehead atoms. The van der Waals surface area contributed by atoms with Crippen LogP contribution in [-0.2, 0) is 4.74 Å². The molecule has 2 fully saturated rings. The van der Waals surface area contributed by atoms with Gasteiger partial charge in [0.15, 0.2) is 0 Å². The van der Waals surface area contributed by atoms with E-state index in [0.29, 0.717) is 11.6 Å². The molecule has 20 heavy (non-hydrogen) atoms. The van der Waals surface area contributed by atoms with Crippen LogP contribution in [0.1, 0.15) is 53.4 Å². The van der Waals surface area contributed by atoms with Crippen molar-refractivity contribution in [1.29, 1.82) is 0 Å². The van der Waals surface area contributed by atoms with Crippen molar-refractivity contribution in [3.63, 3.8) is 0 Å². The first kappa shape index (κ1) is 16.3. The fraction of sp³-hybridized carbons (Fsp3) is 1.00. The molecule has 2 rings (SSSR count). The first-order valence-corrected chi connectivity index (χ1v) is 8.62. The van der Waals surface area contributed by atoms with Crippen LogP contribution in [0.2, 0.25) is 0 Å². The van der Waals surface area contributed by atoms with Crippen molar-refractivity contribution >= 4 is 0 Å². The lowest BCUT2D eigenvalue weighted by Crippen LogP contribution is -2.64. The Morgan fingerprint density at radius 1 is 1.35 bits per heavy atom. The molecule has 0 radical (unpaired) electrons. The second kappa shape index (κ2) is 7.24. The molecule has 0 aromatic heterocycles. The van der Waals surface area contributed by atoms with E-state index in [1.165, 1.54) is 45.3 Å². The monoisotopic (exact) mass is 282 g/mol. The summed E-state index contributed by atoms with van der Waals surface area (Å²) in [5, 5.41) is 3.87. The first-order chi connectivity index (χ1) is 9.55. The second-order valence-electron chi connectivity index (χ2n) is 7.38. The Bertz CT molecular complexity index is 291. The highest BCUT2D eigenvalue weighted by Crippen LogP contribution is 2.41. The van der Waals surface area contributed by atoms with Crippen LogP contribution in [0.3, 0.4) is 0 Å². The van der Waals surface area contributed by atoms with Gasteiger partial charge in [0.25, 0.3) is 0 Å². The molecule has 1 N–H and O–H groups in total. The molecule has 118 valence electrons. The van der Waals surface area contributed by atoms with Gasteiger partial charge in [0.2, 0.25) is 0 Å². The Labute approximate surface area is 125 Å². The summed E-state index contributed by atoms with van der Waals surface area (Å²) in [7, 11) is 0. The van der Waals surface area contributed by atoms with E-state index in [2.05, 4.69) is 37.9 Å². The molecule has 3 heteroatoms. The number of piperazine rings is 1. The zero-order valence-corrected chi connectivity index (χ0v) is 14.0. The Morgan fingerprint density at radius 2 is 2.10 bits per heavy atom. The lowest BCUT2D eigenvalue weighted by molar-refractivity contribution is 0.0527. The van der Waals surface area contributed by atoms with Gasteiger partial charge < -0.3 is 10.1 Å². The van der Waals surface area contributed by atoms with Gasteiger partial charge in [-0.2, -0.15) is 0 Å². The number of hydrogen-bond donors (Lipinski definition) is 1. The van der Waals surface area contributed by atoms with Gasteiger partial charge in [-0.25, -0.2) is 0 Å². The second-order valence-corrected chi connectivity index (χ2v) is 7.38. The average molecular weight is 282 g/mol. The predicted molar refractivity (Wildman–Crippen MR) is 85.1 cm³/mol. The third kappa shape index (κ3) is 4.44. The van der Waals surface area contributed by atoms with Crippen molar-refractivity contribution in [2.24, 2.45) is 11.8 Å². The van der Waals surface area contributed by atoms with Crippen molar-refractivity contribution in [2.45, 2.75) is 65.0 Å². The highest BCUT2D eigenvalue weighted by molar-refractivity contribution is 5.04. The fourth-order valence-electron chi connectivity index (χ4n) is 3.63. The van der Waals surface area contributed by atoms with Crippen molar-refractivity contribution < 1.29 is 4.74 Å². The van der Waals surface area contributed by atoms with E-state index < -0.39 is 0 Å². The van der Waals surface area contributed by atoms with Gasteiger partial charge in [-0.05, 0) is 51.4 Å². The van der Waals surface area contributed by atoms with Crippen molar-refractivity contribution in [3.05, 3.63) is 0 Å². The molecule has 1 aliphatic carbocycles. The zero-order valence-electron chi connectivity index (χ0n) is 14.0. The molecule has 1 aliphatic heterocycles. The lowest BCUT2D eigenvalue weighted by atomic mass is 9.88. The van der Waals surface area contributed by atoms with E-state index in [0.717, 1.165) is 25.0 Å². The summed E-state index contributed by atoms with van der Waals surface area (Å²) in [4.78, 5) is 2.74. The van der Waals surface area contributed by atoms with Crippen molar-refractivity contribution in [2.75, 3.05) is 32.8 Å². The molecular weight excluding hydrogens is 248 g/mol. The van der Waals surface area contributed by atoms with Crippen LogP contribution in [0.5, 0.6) is 0 Å². The lowest BCUT2D eigenvalue weighted by Gasteiger charge is -2.47. The summed E-state index contributed by atoms with van der Waals surface area (Å²) >= 11 is 0. The maximum atomic E-state index is 5.51. The molecule has 2 atom stereocenters. The molecule has 2 aliphatic rings. The van der Waals surface area contributed by atoms with Crippen LogP contribution >= 0.6 is 0 Å². The molecule has 1 saturated carbocycles. The molecular formula is C17H34N2O. The number of nitrogens with zero attached hydrogens (tertiary/aromatic N) is 1. The van der Waals surface area contributed by atoms with Crippen LogP contribution in [0.25, 0.3) is 0 Å². The average Bonchev–Trinajstić information content (AvgIpc) is 3.22. The summed E-state index contributed by atoms with van der Waals surface area (Å²) in [5.74, 6) is 1.69. The number of rotatable bonds is 8. The zero-order chi connectivity index (χ0) is 14.6. The molecule has 0 spiro atoms. The third-order valence-corrected chi connectivity index (χ3v) is 4.95. The minimum absolute atomic E-state index is 0.360. The van der Waals surface area contributed by atoms with E-state index in [4.69, 9.17) is 4.74 Å². The van der Waals surface area contributed by atoms with E-state index >= 15 is 0 Å². The molecule has 0 aromatic carbocycles. The number of ether oxygens (including phenoxy) is 1. The highest BCUT2D eigenvalue weighted by atomic mass is 16.5. The van der Waals surface area contributed by atoms with Gasteiger partial charge in [-0.3, -0.25) is 4.90 Å². The summed E-state index contributed by atoms with van der Waals surface area (Å²) in [6.45, 7) is 14.5. The Balaban J connectivity index is 1.87. The van der Waals surface area contributed by atoms with E-state index in [1.54, 1.807) is 0 Å². The molecule has 1 saturated heterocycles. The molecule has 3 nitrogen and oxygen atoms in total. The Hall–Kier alpha value is -0.120. The Kier molecular flexibility index (Phi) is 5.88. The molecule has 0 amide bonds. The van der Waals surface area contributed by atoms with Gasteiger partial charge in [0.05, 0.1) is 0 Å². The quantitative estimate of drug-likeness (QED) is 0.693.